The molecule has 24 heavy (non-hydrogen) atoms. The molecule has 1 aliphatic rings. The second-order valence-corrected chi connectivity index (χ2v) is 6.91. The van der Waals surface area contributed by atoms with Crippen LogP contribution in [0.25, 0.3) is 0 Å². The molecule has 0 radical (unpaired) electrons. The Morgan fingerprint density at radius 3 is 2.46 bits per heavy atom. The van der Waals surface area contributed by atoms with Crippen LogP contribution in [0.15, 0.2) is 48.5 Å². The number of piperidine rings is 1. The molecule has 126 valence electrons. The molecular formula is C20H23ClN2O. The molecule has 0 aliphatic carbocycles. The van der Waals surface area contributed by atoms with Crippen LogP contribution in [0.5, 0.6) is 0 Å². The zero-order valence-corrected chi connectivity index (χ0v) is 14.7. The summed E-state index contributed by atoms with van der Waals surface area (Å²) in [6.07, 6.45) is 1.82. The number of rotatable bonds is 4. The lowest BCUT2D eigenvalue weighted by atomic mass is 9.95. The van der Waals surface area contributed by atoms with E-state index in [1.807, 2.05) is 12.1 Å². The zero-order valence-electron chi connectivity index (χ0n) is 14.0. The monoisotopic (exact) mass is 342 g/mol. The summed E-state index contributed by atoms with van der Waals surface area (Å²) in [4.78, 5) is 14.8. The highest BCUT2D eigenvalue weighted by atomic mass is 35.5. The minimum Gasteiger partial charge on any atom is -0.326 e. The van der Waals surface area contributed by atoms with Gasteiger partial charge in [0.15, 0.2) is 0 Å². The highest BCUT2D eigenvalue weighted by molar-refractivity contribution is 6.30. The Morgan fingerprint density at radius 2 is 1.79 bits per heavy atom. The lowest BCUT2D eigenvalue weighted by molar-refractivity contribution is -0.121. The van der Waals surface area contributed by atoms with E-state index in [0.29, 0.717) is 5.02 Å². The van der Waals surface area contributed by atoms with Gasteiger partial charge in [-0.1, -0.05) is 35.9 Å². The van der Waals surface area contributed by atoms with Crippen LogP contribution in [-0.2, 0) is 11.3 Å². The Hall–Kier alpha value is -1.84. The molecule has 1 saturated heterocycles. The minimum absolute atomic E-state index is 0.0915. The molecule has 1 N–H and O–H groups in total. The number of carbonyl (C=O) groups is 1. The second-order valence-electron chi connectivity index (χ2n) is 6.47. The number of nitrogens with one attached hydrogen (secondary N) is 1. The van der Waals surface area contributed by atoms with Crippen molar-refractivity contribution in [2.75, 3.05) is 18.4 Å². The quantitative estimate of drug-likeness (QED) is 0.887. The van der Waals surface area contributed by atoms with Crippen molar-refractivity contribution >= 4 is 23.2 Å². The van der Waals surface area contributed by atoms with Crippen molar-refractivity contribution in [3.63, 3.8) is 0 Å². The Bertz CT molecular complexity index is 691. The summed E-state index contributed by atoms with van der Waals surface area (Å²) >= 11 is 5.87. The number of amides is 1. The Labute approximate surface area is 148 Å². The van der Waals surface area contributed by atoms with Crippen LogP contribution >= 0.6 is 11.6 Å². The van der Waals surface area contributed by atoms with Gasteiger partial charge in [0.25, 0.3) is 0 Å². The van der Waals surface area contributed by atoms with Crippen molar-refractivity contribution in [2.45, 2.75) is 26.3 Å². The van der Waals surface area contributed by atoms with E-state index in [1.54, 1.807) is 12.1 Å². The largest absolute Gasteiger partial charge is 0.326 e. The molecule has 2 aromatic carbocycles. The van der Waals surface area contributed by atoms with Gasteiger partial charge in [-0.3, -0.25) is 9.69 Å². The van der Waals surface area contributed by atoms with Gasteiger partial charge in [-0.25, -0.2) is 0 Å². The van der Waals surface area contributed by atoms with Gasteiger partial charge in [-0.05, 0) is 68.2 Å². The molecular weight excluding hydrogens is 320 g/mol. The van der Waals surface area contributed by atoms with E-state index in [2.05, 4.69) is 41.4 Å². The number of halogens is 1. The van der Waals surface area contributed by atoms with Gasteiger partial charge in [-0.15, -0.1) is 0 Å². The third-order valence-electron chi connectivity index (χ3n) is 4.73. The Balaban J connectivity index is 1.50. The molecule has 2 aromatic rings. The van der Waals surface area contributed by atoms with Crippen LogP contribution in [-0.4, -0.2) is 23.9 Å². The standard InChI is InChI=1S/C20H23ClN2O/c1-15-4-2-3-5-17(15)14-23-12-10-16(11-13-23)20(24)22-19-8-6-18(21)7-9-19/h2-9,16H,10-14H2,1H3,(H,22,24). The van der Waals surface area contributed by atoms with Gasteiger partial charge in [0.2, 0.25) is 5.91 Å². The zero-order chi connectivity index (χ0) is 16.9. The van der Waals surface area contributed by atoms with Crippen molar-refractivity contribution < 1.29 is 4.79 Å². The van der Waals surface area contributed by atoms with Crippen LogP contribution in [0.4, 0.5) is 5.69 Å². The normalized spacial score (nSPS) is 16.1. The summed E-state index contributed by atoms with van der Waals surface area (Å²) in [6, 6.07) is 15.8. The van der Waals surface area contributed by atoms with Crippen LogP contribution < -0.4 is 5.32 Å². The van der Waals surface area contributed by atoms with Crippen molar-refractivity contribution in [1.29, 1.82) is 0 Å². The maximum absolute atomic E-state index is 12.4. The lowest BCUT2D eigenvalue weighted by Crippen LogP contribution is -2.37. The van der Waals surface area contributed by atoms with E-state index in [1.165, 1.54) is 11.1 Å². The number of benzene rings is 2. The third-order valence-corrected chi connectivity index (χ3v) is 4.98. The van der Waals surface area contributed by atoms with Crippen LogP contribution in [0.3, 0.4) is 0 Å². The SMILES string of the molecule is Cc1ccccc1CN1CCC(C(=O)Nc2ccc(Cl)cc2)CC1. The fourth-order valence-corrected chi connectivity index (χ4v) is 3.29. The van der Waals surface area contributed by atoms with Crippen LogP contribution in [0.2, 0.25) is 5.02 Å². The molecule has 0 aromatic heterocycles. The maximum Gasteiger partial charge on any atom is 0.227 e. The maximum atomic E-state index is 12.4. The highest BCUT2D eigenvalue weighted by Gasteiger charge is 2.25. The molecule has 0 unspecified atom stereocenters. The first-order valence-electron chi connectivity index (χ1n) is 8.45. The second kappa shape index (κ2) is 7.82. The molecule has 0 saturated carbocycles. The average Bonchev–Trinajstić information content (AvgIpc) is 2.59. The fourth-order valence-electron chi connectivity index (χ4n) is 3.16. The first-order chi connectivity index (χ1) is 11.6. The van der Waals surface area contributed by atoms with E-state index in [9.17, 15) is 4.79 Å². The molecule has 3 nitrogen and oxygen atoms in total. The number of likely N-dealkylation sites (tertiary alicyclic amines) is 1. The lowest BCUT2D eigenvalue weighted by Gasteiger charge is -2.31. The number of carbonyl (C=O) groups excluding carboxylic acids is 1. The highest BCUT2D eigenvalue weighted by Crippen LogP contribution is 2.22. The number of hydrogen-bond donors (Lipinski definition) is 1. The van der Waals surface area contributed by atoms with Gasteiger partial charge < -0.3 is 5.32 Å². The summed E-state index contributed by atoms with van der Waals surface area (Å²) in [5, 5.41) is 3.67. The molecule has 1 heterocycles. The Kier molecular flexibility index (Phi) is 5.54. The predicted octanol–water partition coefficient (Wildman–Crippen LogP) is 4.50. The van der Waals surface area contributed by atoms with E-state index < -0.39 is 0 Å². The van der Waals surface area contributed by atoms with E-state index in [0.717, 1.165) is 38.2 Å². The smallest absolute Gasteiger partial charge is 0.227 e. The molecule has 0 atom stereocenters. The molecule has 1 fully saturated rings. The summed E-state index contributed by atoms with van der Waals surface area (Å²) in [5.41, 5.74) is 3.52. The fraction of sp³-hybridized carbons (Fsp3) is 0.350. The van der Waals surface area contributed by atoms with Crippen molar-refractivity contribution in [1.82, 2.24) is 4.90 Å². The topological polar surface area (TPSA) is 32.3 Å². The summed E-state index contributed by atoms with van der Waals surface area (Å²) < 4.78 is 0. The summed E-state index contributed by atoms with van der Waals surface area (Å²) in [7, 11) is 0. The van der Waals surface area contributed by atoms with Gasteiger partial charge >= 0.3 is 0 Å². The van der Waals surface area contributed by atoms with Gasteiger partial charge in [-0.2, -0.15) is 0 Å². The molecule has 1 amide bonds. The van der Waals surface area contributed by atoms with Crippen molar-refractivity contribution in [3.8, 4) is 0 Å². The molecule has 1 aliphatic heterocycles. The van der Waals surface area contributed by atoms with Crippen molar-refractivity contribution in [2.24, 2.45) is 5.92 Å². The van der Waals surface area contributed by atoms with E-state index in [-0.39, 0.29) is 11.8 Å². The van der Waals surface area contributed by atoms with Crippen LogP contribution in [0, 0.1) is 12.8 Å². The number of nitrogens with zero attached hydrogens (tertiary/aromatic N) is 1. The molecule has 3 rings (SSSR count). The number of anilines is 1. The summed E-state index contributed by atoms with van der Waals surface area (Å²) in [5.74, 6) is 0.210. The third kappa shape index (κ3) is 4.37. The molecule has 0 bridgehead atoms. The number of hydrogen-bond acceptors (Lipinski definition) is 2. The van der Waals surface area contributed by atoms with Gasteiger partial charge in [0, 0.05) is 23.2 Å². The van der Waals surface area contributed by atoms with E-state index >= 15 is 0 Å². The average molecular weight is 343 g/mol. The van der Waals surface area contributed by atoms with Gasteiger partial charge in [0.1, 0.15) is 0 Å². The Morgan fingerprint density at radius 1 is 1.12 bits per heavy atom. The van der Waals surface area contributed by atoms with Gasteiger partial charge in [0.05, 0.1) is 0 Å². The molecule has 0 spiro atoms. The minimum atomic E-state index is 0.0915. The van der Waals surface area contributed by atoms with Crippen LogP contribution in [0.1, 0.15) is 24.0 Å². The number of aryl methyl sites for hydroxylation is 1. The molecule has 4 heteroatoms. The van der Waals surface area contributed by atoms with E-state index in [4.69, 9.17) is 11.6 Å². The predicted molar refractivity (Wildman–Crippen MR) is 99.3 cm³/mol. The summed E-state index contributed by atoms with van der Waals surface area (Å²) in [6.45, 7) is 5.06. The first-order valence-corrected chi connectivity index (χ1v) is 8.83. The first kappa shape index (κ1) is 17.0. The van der Waals surface area contributed by atoms with Crippen molar-refractivity contribution in [3.05, 3.63) is 64.7 Å².